The molecule has 3 N–H and O–H groups in total. The molecule has 9 heteroatoms. The third kappa shape index (κ3) is 4.57. The zero-order valence-electron chi connectivity index (χ0n) is 19.5. The van der Waals surface area contributed by atoms with E-state index in [0.717, 1.165) is 17.7 Å². The minimum absolute atomic E-state index is 0.202. The molecular formula is C25H27N5O3S. The number of benzene rings is 1. The summed E-state index contributed by atoms with van der Waals surface area (Å²) in [6, 6.07) is 13.3. The van der Waals surface area contributed by atoms with Crippen LogP contribution >= 0.6 is 0 Å². The second kappa shape index (κ2) is 9.36. The van der Waals surface area contributed by atoms with E-state index in [4.69, 9.17) is 10.3 Å². The average Bonchev–Trinajstić information content (AvgIpc) is 3.30. The first-order chi connectivity index (χ1) is 16.2. The molecule has 0 amide bonds. The van der Waals surface area contributed by atoms with E-state index in [9.17, 15) is 8.42 Å². The maximum atomic E-state index is 12.5. The Labute approximate surface area is 199 Å². The summed E-state index contributed by atoms with van der Waals surface area (Å²) in [4.78, 5) is 8.94. The average molecular weight is 478 g/mol. The Balaban J connectivity index is 1.67. The van der Waals surface area contributed by atoms with E-state index in [1.807, 2.05) is 50.4 Å². The van der Waals surface area contributed by atoms with Crippen LogP contribution in [0.3, 0.4) is 0 Å². The Hall–Kier alpha value is -3.56. The fraction of sp³-hybridized carbons (Fsp3) is 0.240. The largest absolute Gasteiger partial charge is 0.383 e. The second-order valence-corrected chi connectivity index (χ2v) is 10.9. The molecule has 3 aromatic heterocycles. The van der Waals surface area contributed by atoms with Crippen LogP contribution in [0.2, 0.25) is 0 Å². The topological polar surface area (TPSA) is 124 Å². The third-order valence-electron chi connectivity index (χ3n) is 5.60. The minimum atomic E-state index is -3.41. The number of aryl methyl sites for hydroxylation is 1. The number of sulfone groups is 1. The van der Waals surface area contributed by atoms with Gasteiger partial charge in [0.05, 0.1) is 21.4 Å². The summed E-state index contributed by atoms with van der Waals surface area (Å²) in [6.45, 7) is 5.91. The summed E-state index contributed by atoms with van der Waals surface area (Å²) in [5.74, 6) is 0.783. The van der Waals surface area contributed by atoms with Crippen molar-refractivity contribution in [2.45, 2.75) is 37.5 Å². The molecule has 0 bridgehead atoms. The van der Waals surface area contributed by atoms with Crippen LogP contribution in [0.25, 0.3) is 33.8 Å². The molecule has 34 heavy (non-hydrogen) atoms. The Kier molecular flexibility index (Phi) is 6.49. The number of rotatable bonds is 7. The molecule has 0 radical (unpaired) electrons. The van der Waals surface area contributed by atoms with Gasteiger partial charge in [-0.15, -0.1) is 0 Å². The van der Waals surface area contributed by atoms with Crippen molar-refractivity contribution in [1.29, 1.82) is 0 Å². The molecule has 0 saturated heterocycles. The van der Waals surface area contributed by atoms with Crippen LogP contribution in [-0.2, 0) is 16.4 Å². The lowest BCUT2D eigenvalue weighted by molar-refractivity contribution is 0.435. The van der Waals surface area contributed by atoms with Gasteiger partial charge in [-0.1, -0.05) is 29.4 Å². The number of hydrogen-bond donors (Lipinski definition) is 2. The van der Waals surface area contributed by atoms with Crippen LogP contribution in [0, 0.1) is 6.92 Å². The van der Waals surface area contributed by atoms with Crippen molar-refractivity contribution < 1.29 is 12.9 Å². The van der Waals surface area contributed by atoms with Crippen LogP contribution in [0.5, 0.6) is 0 Å². The van der Waals surface area contributed by atoms with Crippen LogP contribution < -0.4 is 11.1 Å². The normalized spacial score (nSPS) is 11.8. The molecule has 0 aliphatic carbocycles. The van der Waals surface area contributed by atoms with E-state index in [1.165, 1.54) is 11.8 Å². The molecule has 0 spiro atoms. The zero-order valence-corrected chi connectivity index (χ0v) is 20.3. The quantitative estimate of drug-likeness (QED) is 0.405. The smallest absolute Gasteiger partial charge is 0.182 e. The lowest BCUT2D eigenvalue weighted by Crippen LogP contribution is -2.14. The molecule has 176 valence electrons. The molecule has 1 aromatic carbocycles. The molecule has 3 heterocycles. The summed E-state index contributed by atoms with van der Waals surface area (Å²) in [7, 11) is -1.50. The third-order valence-corrected chi connectivity index (χ3v) is 7.72. The van der Waals surface area contributed by atoms with Crippen LogP contribution in [0.4, 0.5) is 5.82 Å². The number of nitrogens with one attached hydrogen (secondary N) is 1. The van der Waals surface area contributed by atoms with Gasteiger partial charge in [-0.2, -0.15) is 0 Å². The number of pyridine rings is 2. The highest BCUT2D eigenvalue weighted by Crippen LogP contribution is 2.33. The molecule has 4 rings (SSSR count). The first-order valence-electron chi connectivity index (χ1n) is 10.9. The molecule has 0 aliphatic heterocycles. The van der Waals surface area contributed by atoms with Gasteiger partial charge >= 0.3 is 0 Å². The minimum Gasteiger partial charge on any atom is -0.383 e. The van der Waals surface area contributed by atoms with E-state index in [2.05, 4.69) is 20.4 Å². The molecule has 0 saturated carbocycles. The van der Waals surface area contributed by atoms with Gasteiger partial charge in [-0.3, -0.25) is 4.98 Å². The van der Waals surface area contributed by atoms with E-state index >= 15 is 0 Å². The summed E-state index contributed by atoms with van der Waals surface area (Å²) in [5, 5.41) is 6.80. The second-order valence-electron chi connectivity index (χ2n) is 8.39. The van der Waals surface area contributed by atoms with Gasteiger partial charge < -0.3 is 15.6 Å². The highest BCUT2D eigenvalue weighted by atomic mass is 32.2. The Morgan fingerprint density at radius 1 is 1.03 bits per heavy atom. The van der Waals surface area contributed by atoms with E-state index in [0.29, 0.717) is 34.1 Å². The SMILES string of the molecule is CNCc1ccc(-c2cc(-c3cc(-c4ncc(S(=O)(=O)C(C)C)cc4C)cnc3N)on2)cc1. The van der Waals surface area contributed by atoms with Crippen LogP contribution in [0.15, 0.2) is 64.3 Å². The monoisotopic (exact) mass is 477 g/mol. The molecule has 0 atom stereocenters. The molecule has 8 nitrogen and oxygen atoms in total. The van der Waals surface area contributed by atoms with Gasteiger partial charge in [0.1, 0.15) is 11.5 Å². The Bertz CT molecular complexity index is 1430. The number of nitrogens with zero attached hydrogens (tertiary/aromatic N) is 3. The van der Waals surface area contributed by atoms with E-state index in [-0.39, 0.29) is 4.90 Å². The van der Waals surface area contributed by atoms with Crippen molar-refractivity contribution in [2.24, 2.45) is 0 Å². The van der Waals surface area contributed by atoms with Gasteiger partial charge in [0.2, 0.25) is 0 Å². The number of anilines is 1. The van der Waals surface area contributed by atoms with Crippen molar-refractivity contribution in [3.63, 3.8) is 0 Å². The highest BCUT2D eigenvalue weighted by Gasteiger charge is 2.21. The molecule has 0 unspecified atom stereocenters. The molecule has 0 aliphatic rings. The Morgan fingerprint density at radius 2 is 1.76 bits per heavy atom. The van der Waals surface area contributed by atoms with Gasteiger partial charge in [0.25, 0.3) is 0 Å². The van der Waals surface area contributed by atoms with Crippen molar-refractivity contribution in [2.75, 3.05) is 12.8 Å². The molecular weight excluding hydrogens is 450 g/mol. The molecule has 0 fully saturated rings. The van der Waals surface area contributed by atoms with Gasteiger partial charge in [0.15, 0.2) is 15.6 Å². The number of aromatic nitrogens is 3. The number of hydrogen-bond acceptors (Lipinski definition) is 8. The number of nitrogen functional groups attached to an aromatic ring is 1. The summed E-state index contributed by atoms with van der Waals surface area (Å²) < 4.78 is 30.6. The van der Waals surface area contributed by atoms with E-state index in [1.54, 1.807) is 26.1 Å². The number of nitrogens with two attached hydrogens (primary N) is 1. The lowest BCUT2D eigenvalue weighted by Gasteiger charge is -2.11. The summed E-state index contributed by atoms with van der Waals surface area (Å²) in [6.07, 6.45) is 3.00. The van der Waals surface area contributed by atoms with Crippen molar-refractivity contribution in [1.82, 2.24) is 20.4 Å². The predicted molar refractivity (Wildman–Crippen MR) is 133 cm³/mol. The summed E-state index contributed by atoms with van der Waals surface area (Å²) in [5.41, 5.74) is 11.6. The van der Waals surface area contributed by atoms with Crippen molar-refractivity contribution in [3.8, 4) is 33.8 Å². The fourth-order valence-corrected chi connectivity index (χ4v) is 4.70. The zero-order chi connectivity index (χ0) is 24.5. The van der Waals surface area contributed by atoms with Gasteiger partial charge in [-0.05, 0) is 51.1 Å². The Morgan fingerprint density at radius 3 is 2.41 bits per heavy atom. The van der Waals surface area contributed by atoms with Crippen molar-refractivity contribution >= 4 is 15.7 Å². The van der Waals surface area contributed by atoms with E-state index < -0.39 is 15.1 Å². The maximum Gasteiger partial charge on any atom is 0.182 e. The van der Waals surface area contributed by atoms with Gasteiger partial charge in [0, 0.05) is 36.1 Å². The lowest BCUT2D eigenvalue weighted by atomic mass is 10.0. The van der Waals surface area contributed by atoms with Gasteiger partial charge in [-0.25, -0.2) is 13.4 Å². The first-order valence-corrected chi connectivity index (χ1v) is 12.4. The van der Waals surface area contributed by atoms with Crippen LogP contribution in [-0.4, -0.2) is 35.8 Å². The standard InChI is InChI=1S/C25H27N5O3S/c1-15(2)34(31,32)20-9-16(3)24(28-14-20)19-10-21(25(26)29-13-19)23-11-22(30-33-23)18-7-5-17(6-8-18)12-27-4/h5-11,13-15,27H,12H2,1-4H3,(H2,26,29). The predicted octanol–water partition coefficient (Wildman–Crippen LogP) is 4.26. The maximum absolute atomic E-state index is 12.5. The summed E-state index contributed by atoms with van der Waals surface area (Å²) >= 11 is 0. The fourth-order valence-electron chi connectivity index (χ4n) is 3.62. The van der Waals surface area contributed by atoms with Crippen molar-refractivity contribution in [3.05, 3.63) is 66.0 Å². The first kappa shape index (κ1) is 23.6. The highest BCUT2D eigenvalue weighted by molar-refractivity contribution is 7.92. The van der Waals surface area contributed by atoms with Crippen LogP contribution in [0.1, 0.15) is 25.0 Å². The molecule has 4 aromatic rings.